The van der Waals surface area contributed by atoms with E-state index in [1.807, 2.05) is 78.9 Å². The summed E-state index contributed by atoms with van der Waals surface area (Å²) in [6.45, 7) is 0. The normalized spacial score (nSPS) is 10.2. The van der Waals surface area contributed by atoms with E-state index < -0.39 is 0 Å². The first kappa shape index (κ1) is 15.3. The highest BCUT2D eigenvalue weighted by Crippen LogP contribution is 2.34. The molecule has 3 aromatic carbocycles. The Morgan fingerprint density at radius 2 is 1.35 bits per heavy atom. The maximum atomic E-state index is 6.40. The van der Waals surface area contributed by atoms with Gasteiger partial charge in [-0.05, 0) is 12.1 Å². The number of ether oxygens (including phenoxy) is 1. The molecule has 3 heteroatoms. The fourth-order valence-electron chi connectivity index (χ4n) is 2.35. The van der Waals surface area contributed by atoms with E-state index in [-0.39, 0.29) is 0 Å². The van der Waals surface area contributed by atoms with Crippen molar-refractivity contribution in [2.45, 2.75) is 0 Å². The van der Waals surface area contributed by atoms with Crippen molar-refractivity contribution in [1.29, 1.82) is 0 Å². The van der Waals surface area contributed by atoms with Gasteiger partial charge in [0.25, 0.3) is 0 Å². The minimum Gasteiger partial charge on any atom is -0.495 e. The number of rotatable bonds is 4. The number of hydrogen-bond acceptors (Lipinski definition) is 2. The van der Waals surface area contributed by atoms with Gasteiger partial charge < -0.3 is 4.74 Å². The van der Waals surface area contributed by atoms with E-state index in [0.717, 1.165) is 16.8 Å². The van der Waals surface area contributed by atoms with Crippen molar-refractivity contribution in [3.63, 3.8) is 0 Å². The molecule has 0 fully saturated rings. The molecule has 0 aliphatic carbocycles. The molecule has 3 rings (SSSR count). The average molecular weight is 322 g/mol. The van der Waals surface area contributed by atoms with Gasteiger partial charge in [0.2, 0.25) is 0 Å². The van der Waals surface area contributed by atoms with Crippen LogP contribution in [0.15, 0.2) is 83.9 Å². The Bertz CT molecular complexity index is 772. The summed E-state index contributed by atoms with van der Waals surface area (Å²) >= 11 is 6.40. The van der Waals surface area contributed by atoms with Gasteiger partial charge in [0.15, 0.2) is 0 Å². The second-order valence-electron chi connectivity index (χ2n) is 4.99. The number of methoxy groups -OCH3 is 1. The smallest absolute Gasteiger partial charge is 0.139 e. The molecule has 0 saturated carbocycles. The largest absolute Gasteiger partial charge is 0.495 e. The van der Waals surface area contributed by atoms with E-state index in [4.69, 9.17) is 21.3 Å². The Morgan fingerprint density at radius 1 is 0.783 bits per heavy atom. The SMILES string of the molecule is COc1cccc(N=C(c2ccccc2)c2ccccc2)c1Cl. The molecule has 0 heterocycles. The Labute approximate surface area is 141 Å². The van der Waals surface area contributed by atoms with E-state index >= 15 is 0 Å². The van der Waals surface area contributed by atoms with Gasteiger partial charge in [-0.25, -0.2) is 4.99 Å². The van der Waals surface area contributed by atoms with Crippen molar-refractivity contribution >= 4 is 23.0 Å². The molecule has 0 spiro atoms. The van der Waals surface area contributed by atoms with Gasteiger partial charge >= 0.3 is 0 Å². The van der Waals surface area contributed by atoms with Gasteiger partial charge in [-0.2, -0.15) is 0 Å². The number of halogens is 1. The summed E-state index contributed by atoms with van der Waals surface area (Å²) in [6, 6.07) is 25.7. The van der Waals surface area contributed by atoms with Gasteiger partial charge in [-0.15, -0.1) is 0 Å². The summed E-state index contributed by atoms with van der Waals surface area (Å²) in [5, 5.41) is 0.513. The highest BCUT2D eigenvalue weighted by atomic mass is 35.5. The first-order valence-electron chi connectivity index (χ1n) is 7.31. The van der Waals surface area contributed by atoms with Crippen molar-refractivity contribution in [1.82, 2.24) is 0 Å². The van der Waals surface area contributed by atoms with Gasteiger partial charge in [0.1, 0.15) is 10.8 Å². The first-order valence-corrected chi connectivity index (χ1v) is 7.69. The molecule has 23 heavy (non-hydrogen) atoms. The van der Waals surface area contributed by atoms with Crippen LogP contribution in [0.5, 0.6) is 5.75 Å². The molecule has 3 aromatic rings. The fourth-order valence-corrected chi connectivity index (χ4v) is 2.60. The Hall–Kier alpha value is -2.58. The third-order valence-electron chi connectivity index (χ3n) is 3.49. The minimum absolute atomic E-state index is 0.513. The number of nitrogens with zero attached hydrogens (tertiary/aromatic N) is 1. The molecular formula is C20H16ClNO. The molecule has 0 bridgehead atoms. The second-order valence-corrected chi connectivity index (χ2v) is 5.36. The van der Waals surface area contributed by atoms with Crippen molar-refractivity contribution in [2.24, 2.45) is 4.99 Å². The van der Waals surface area contributed by atoms with Crippen LogP contribution in [0.2, 0.25) is 5.02 Å². The quantitative estimate of drug-likeness (QED) is 0.580. The lowest BCUT2D eigenvalue weighted by molar-refractivity contribution is 0.415. The van der Waals surface area contributed by atoms with Crippen molar-refractivity contribution in [3.05, 3.63) is 95.0 Å². The van der Waals surface area contributed by atoms with Crippen molar-refractivity contribution < 1.29 is 4.74 Å². The van der Waals surface area contributed by atoms with Crippen LogP contribution in [0.3, 0.4) is 0 Å². The summed E-state index contributed by atoms with van der Waals surface area (Å²) in [6.07, 6.45) is 0. The Kier molecular flexibility index (Phi) is 4.74. The molecule has 0 amide bonds. The van der Waals surface area contributed by atoms with E-state index in [0.29, 0.717) is 16.5 Å². The van der Waals surface area contributed by atoms with Crippen LogP contribution in [0.1, 0.15) is 11.1 Å². The van der Waals surface area contributed by atoms with E-state index in [1.54, 1.807) is 7.11 Å². The van der Waals surface area contributed by atoms with Crippen LogP contribution in [-0.2, 0) is 0 Å². The summed E-state index contributed by atoms with van der Waals surface area (Å²) in [5.41, 5.74) is 3.64. The molecular weight excluding hydrogens is 306 g/mol. The monoisotopic (exact) mass is 321 g/mol. The number of benzene rings is 3. The highest BCUT2D eigenvalue weighted by molar-refractivity contribution is 6.34. The van der Waals surface area contributed by atoms with Crippen LogP contribution >= 0.6 is 11.6 Å². The predicted octanol–water partition coefficient (Wildman–Crippen LogP) is 5.52. The standard InChI is InChI=1S/C20H16ClNO/c1-23-18-14-8-13-17(19(18)21)22-20(15-9-4-2-5-10-15)16-11-6-3-7-12-16/h2-14H,1H3. The van der Waals surface area contributed by atoms with Crippen LogP contribution in [-0.4, -0.2) is 12.8 Å². The highest BCUT2D eigenvalue weighted by Gasteiger charge is 2.10. The maximum Gasteiger partial charge on any atom is 0.139 e. The molecule has 0 aliphatic rings. The lowest BCUT2D eigenvalue weighted by Crippen LogP contribution is -2.02. The topological polar surface area (TPSA) is 21.6 Å². The van der Waals surface area contributed by atoms with Crippen LogP contribution in [0.4, 0.5) is 5.69 Å². The third kappa shape index (κ3) is 3.43. The zero-order chi connectivity index (χ0) is 16.1. The minimum atomic E-state index is 0.513. The van der Waals surface area contributed by atoms with E-state index in [9.17, 15) is 0 Å². The van der Waals surface area contributed by atoms with Gasteiger partial charge in [-0.3, -0.25) is 0 Å². The zero-order valence-corrected chi connectivity index (χ0v) is 13.5. The maximum absolute atomic E-state index is 6.40. The zero-order valence-electron chi connectivity index (χ0n) is 12.7. The number of aliphatic imine (C=N–C) groups is 1. The Balaban J connectivity index is 2.17. The molecule has 0 saturated heterocycles. The molecule has 2 nitrogen and oxygen atoms in total. The fraction of sp³-hybridized carbons (Fsp3) is 0.0500. The van der Waals surface area contributed by atoms with Crippen LogP contribution < -0.4 is 4.74 Å². The Morgan fingerprint density at radius 3 is 1.87 bits per heavy atom. The van der Waals surface area contributed by atoms with Gasteiger partial charge in [0.05, 0.1) is 18.5 Å². The van der Waals surface area contributed by atoms with Gasteiger partial charge in [-0.1, -0.05) is 78.3 Å². The molecule has 0 aromatic heterocycles. The average Bonchev–Trinajstić information content (AvgIpc) is 2.62. The molecule has 0 atom stereocenters. The van der Waals surface area contributed by atoms with Crippen molar-refractivity contribution in [3.8, 4) is 5.75 Å². The van der Waals surface area contributed by atoms with Crippen LogP contribution in [0.25, 0.3) is 0 Å². The van der Waals surface area contributed by atoms with E-state index in [1.165, 1.54) is 0 Å². The summed E-state index contributed by atoms with van der Waals surface area (Å²) in [4.78, 5) is 4.81. The molecule has 0 radical (unpaired) electrons. The summed E-state index contributed by atoms with van der Waals surface area (Å²) in [5.74, 6) is 0.619. The van der Waals surface area contributed by atoms with Crippen molar-refractivity contribution in [2.75, 3.05) is 7.11 Å². The van der Waals surface area contributed by atoms with Crippen LogP contribution in [0, 0.1) is 0 Å². The van der Waals surface area contributed by atoms with E-state index in [2.05, 4.69) is 0 Å². The summed E-state index contributed by atoms with van der Waals surface area (Å²) in [7, 11) is 1.60. The summed E-state index contributed by atoms with van der Waals surface area (Å²) < 4.78 is 5.28. The third-order valence-corrected chi connectivity index (χ3v) is 3.87. The molecule has 0 aliphatic heterocycles. The molecule has 0 N–H and O–H groups in total. The van der Waals surface area contributed by atoms with Gasteiger partial charge in [0, 0.05) is 11.1 Å². The molecule has 114 valence electrons. The lowest BCUT2D eigenvalue weighted by atomic mass is 10.0. The number of hydrogen-bond donors (Lipinski definition) is 0. The predicted molar refractivity (Wildman–Crippen MR) is 96.2 cm³/mol. The first-order chi connectivity index (χ1) is 11.3. The molecule has 0 unspecified atom stereocenters. The lowest BCUT2D eigenvalue weighted by Gasteiger charge is -2.10. The second kappa shape index (κ2) is 7.12.